The highest BCUT2D eigenvalue weighted by atomic mass is 16.1. The molecule has 2 aromatic rings. The summed E-state index contributed by atoms with van der Waals surface area (Å²) < 4.78 is 0. The summed E-state index contributed by atoms with van der Waals surface area (Å²) >= 11 is 0. The number of amides is 1. The van der Waals surface area contributed by atoms with Crippen LogP contribution in [0.5, 0.6) is 0 Å². The lowest BCUT2D eigenvalue weighted by atomic mass is 10.6. The van der Waals surface area contributed by atoms with Crippen molar-refractivity contribution in [1.29, 1.82) is 0 Å². The summed E-state index contributed by atoms with van der Waals surface area (Å²) in [4.78, 5) is 24.5. The maximum absolute atomic E-state index is 10.6. The summed E-state index contributed by atoms with van der Waals surface area (Å²) in [6, 6.07) is 0. The van der Waals surface area contributed by atoms with Crippen molar-refractivity contribution in [3.8, 4) is 0 Å². The summed E-state index contributed by atoms with van der Waals surface area (Å²) in [6.07, 6.45) is 3.87. The Morgan fingerprint density at radius 2 is 2.50 bits per heavy atom. The van der Waals surface area contributed by atoms with E-state index in [2.05, 4.69) is 26.1 Å². The molecule has 0 fully saturated rings. The second-order valence-electron chi connectivity index (χ2n) is 2.13. The van der Waals surface area contributed by atoms with Crippen molar-refractivity contribution in [3.63, 3.8) is 0 Å². The van der Waals surface area contributed by atoms with Gasteiger partial charge in [-0.3, -0.25) is 4.79 Å². The summed E-state index contributed by atoms with van der Waals surface area (Å²) in [5.74, 6) is -0.553. The number of aromatic nitrogens is 4. The lowest BCUT2D eigenvalue weighted by molar-refractivity contribution is 0.0991. The molecule has 6 nitrogen and oxygen atoms in total. The van der Waals surface area contributed by atoms with Crippen molar-refractivity contribution in [2.24, 2.45) is 5.73 Å². The number of nitrogens with one attached hydrogen (secondary N) is 1. The number of fused-ring (bicyclic) bond motifs is 1. The topological polar surface area (TPSA) is 97.6 Å². The lowest BCUT2D eigenvalue weighted by Gasteiger charge is -1.81. The molecule has 0 aliphatic heterocycles. The normalized spacial score (nSPS) is 10.3. The predicted octanol–water partition coefficient (Wildman–Crippen LogP) is -0.748. The third kappa shape index (κ3) is 0.895. The standard InChI is InChI=1S/C6H4N5O/c7-4(12)6-10-3-1-8-2-9-5(3)11-6/h2H,(H2,7,12)(H,8,9,10,11). The average Bonchev–Trinajstić information content (AvgIpc) is 2.46. The molecule has 1 amide bonds. The molecule has 1 radical (unpaired) electrons. The summed E-state index contributed by atoms with van der Waals surface area (Å²) in [7, 11) is 0. The van der Waals surface area contributed by atoms with E-state index in [-0.39, 0.29) is 5.82 Å². The number of aromatic amines is 1. The summed E-state index contributed by atoms with van der Waals surface area (Å²) in [5.41, 5.74) is 5.85. The van der Waals surface area contributed by atoms with Crippen LogP contribution < -0.4 is 5.73 Å². The van der Waals surface area contributed by atoms with Gasteiger partial charge in [0.15, 0.2) is 11.5 Å². The zero-order chi connectivity index (χ0) is 8.55. The molecule has 59 valence electrons. The first-order valence-corrected chi connectivity index (χ1v) is 3.15. The van der Waals surface area contributed by atoms with E-state index >= 15 is 0 Å². The van der Waals surface area contributed by atoms with Gasteiger partial charge >= 0.3 is 0 Å². The van der Waals surface area contributed by atoms with E-state index in [0.717, 1.165) is 0 Å². The molecule has 0 aromatic carbocycles. The number of rotatable bonds is 1. The monoisotopic (exact) mass is 162 g/mol. The molecule has 2 heterocycles. The molecule has 6 heteroatoms. The number of H-pyrrole nitrogens is 1. The Morgan fingerprint density at radius 1 is 1.67 bits per heavy atom. The van der Waals surface area contributed by atoms with E-state index in [1.165, 1.54) is 6.33 Å². The van der Waals surface area contributed by atoms with Crippen LogP contribution in [0.1, 0.15) is 10.6 Å². The Morgan fingerprint density at radius 3 is 3.17 bits per heavy atom. The van der Waals surface area contributed by atoms with Gasteiger partial charge in [0.1, 0.15) is 18.0 Å². The Kier molecular flexibility index (Phi) is 1.26. The second-order valence-corrected chi connectivity index (χ2v) is 2.13. The van der Waals surface area contributed by atoms with E-state index in [1.807, 2.05) is 0 Å². The van der Waals surface area contributed by atoms with E-state index in [9.17, 15) is 4.79 Å². The van der Waals surface area contributed by atoms with Gasteiger partial charge in [-0.05, 0) is 0 Å². The third-order valence-corrected chi connectivity index (χ3v) is 1.33. The third-order valence-electron chi connectivity index (χ3n) is 1.33. The van der Waals surface area contributed by atoms with Crippen LogP contribution in [0.3, 0.4) is 0 Å². The maximum atomic E-state index is 10.6. The van der Waals surface area contributed by atoms with Crippen molar-refractivity contribution in [2.45, 2.75) is 0 Å². The highest BCUT2D eigenvalue weighted by Gasteiger charge is 2.07. The fourth-order valence-electron chi connectivity index (χ4n) is 0.829. The van der Waals surface area contributed by atoms with Gasteiger partial charge in [-0.15, -0.1) is 0 Å². The van der Waals surface area contributed by atoms with Crippen LogP contribution in [0.2, 0.25) is 0 Å². The van der Waals surface area contributed by atoms with E-state index in [4.69, 9.17) is 5.73 Å². The number of hydrogen-bond acceptors (Lipinski definition) is 4. The van der Waals surface area contributed by atoms with Gasteiger partial charge < -0.3 is 10.7 Å². The molecular formula is C6H4N5O. The largest absolute Gasteiger partial charge is 0.363 e. The summed E-state index contributed by atoms with van der Waals surface area (Å²) in [5, 5.41) is 0. The number of nitrogens with zero attached hydrogens (tertiary/aromatic N) is 3. The van der Waals surface area contributed by atoms with Crippen LogP contribution in [-0.2, 0) is 0 Å². The van der Waals surface area contributed by atoms with Gasteiger partial charge in [-0.2, -0.15) is 0 Å². The van der Waals surface area contributed by atoms with Crippen molar-refractivity contribution in [3.05, 3.63) is 18.3 Å². The minimum absolute atomic E-state index is 0.0711. The van der Waals surface area contributed by atoms with E-state index in [1.54, 1.807) is 0 Å². The zero-order valence-electron chi connectivity index (χ0n) is 5.90. The van der Waals surface area contributed by atoms with Crippen LogP contribution >= 0.6 is 0 Å². The fraction of sp³-hybridized carbons (Fsp3) is 0. The first-order valence-electron chi connectivity index (χ1n) is 3.15. The maximum Gasteiger partial charge on any atom is 0.284 e. The fourth-order valence-corrected chi connectivity index (χ4v) is 0.829. The predicted molar refractivity (Wildman–Crippen MR) is 39.0 cm³/mol. The smallest absolute Gasteiger partial charge is 0.284 e. The van der Waals surface area contributed by atoms with Gasteiger partial charge in [0.2, 0.25) is 0 Å². The SMILES string of the molecule is NC(=O)c1nc2[c]ncnc2[nH]1. The molecule has 3 N–H and O–H groups in total. The average molecular weight is 162 g/mol. The molecule has 0 unspecified atom stereocenters. The number of hydrogen-bond donors (Lipinski definition) is 2. The minimum atomic E-state index is -0.624. The molecule has 0 saturated carbocycles. The molecule has 0 spiro atoms. The number of carbonyl (C=O) groups excluding carboxylic acids is 1. The Bertz CT molecular complexity index is 401. The molecule has 2 rings (SSSR count). The molecular weight excluding hydrogens is 158 g/mol. The van der Waals surface area contributed by atoms with Gasteiger partial charge in [0, 0.05) is 0 Å². The molecule has 12 heavy (non-hydrogen) atoms. The number of carbonyl (C=O) groups is 1. The molecule has 0 aliphatic carbocycles. The molecule has 0 bridgehead atoms. The molecule has 0 aliphatic rings. The molecule has 2 aromatic heterocycles. The van der Waals surface area contributed by atoms with Gasteiger partial charge in [-0.25, -0.2) is 15.0 Å². The Labute approximate surface area is 66.8 Å². The van der Waals surface area contributed by atoms with E-state index in [0.29, 0.717) is 11.2 Å². The van der Waals surface area contributed by atoms with Crippen LogP contribution in [-0.4, -0.2) is 25.8 Å². The first kappa shape index (κ1) is 6.71. The number of nitrogens with two attached hydrogens (primary N) is 1. The quantitative estimate of drug-likeness (QED) is 0.576. The summed E-state index contributed by atoms with van der Waals surface area (Å²) in [6.45, 7) is 0. The lowest BCUT2D eigenvalue weighted by Crippen LogP contribution is -2.12. The van der Waals surface area contributed by atoms with Crippen LogP contribution in [0, 0.1) is 6.20 Å². The second kappa shape index (κ2) is 2.26. The Balaban J connectivity index is 2.70. The minimum Gasteiger partial charge on any atom is -0.363 e. The van der Waals surface area contributed by atoms with Gasteiger partial charge in [0.05, 0.1) is 0 Å². The van der Waals surface area contributed by atoms with Gasteiger partial charge in [-0.1, -0.05) is 0 Å². The van der Waals surface area contributed by atoms with Crippen LogP contribution in [0.15, 0.2) is 6.33 Å². The number of primary amides is 1. The molecule has 0 atom stereocenters. The van der Waals surface area contributed by atoms with Crippen molar-refractivity contribution in [1.82, 2.24) is 19.9 Å². The van der Waals surface area contributed by atoms with Crippen LogP contribution in [0.25, 0.3) is 11.2 Å². The van der Waals surface area contributed by atoms with E-state index < -0.39 is 5.91 Å². The van der Waals surface area contributed by atoms with Crippen molar-refractivity contribution in [2.75, 3.05) is 0 Å². The van der Waals surface area contributed by atoms with Crippen molar-refractivity contribution >= 4 is 17.1 Å². The van der Waals surface area contributed by atoms with Crippen LogP contribution in [0.4, 0.5) is 0 Å². The highest BCUT2D eigenvalue weighted by Crippen LogP contribution is 2.03. The molecule has 0 saturated heterocycles. The van der Waals surface area contributed by atoms with Crippen molar-refractivity contribution < 1.29 is 4.79 Å². The van der Waals surface area contributed by atoms with Gasteiger partial charge in [0.25, 0.3) is 5.91 Å². The Hall–Kier alpha value is -1.98. The number of imidazole rings is 1. The first-order chi connectivity index (χ1) is 5.77. The zero-order valence-corrected chi connectivity index (χ0v) is 5.90. The highest BCUT2D eigenvalue weighted by molar-refractivity contribution is 5.91.